The molecule has 0 amide bonds. The predicted octanol–water partition coefficient (Wildman–Crippen LogP) is 0.701. The summed E-state index contributed by atoms with van der Waals surface area (Å²) in [5.74, 6) is 0.687. The first-order chi connectivity index (χ1) is 6.51. The van der Waals surface area contributed by atoms with Gasteiger partial charge in [-0.3, -0.25) is 4.72 Å². The molecule has 0 fully saturated rings. The molecule has 0 saturated heterocycles. The molecule has 3 N–H and O–H groups in total. The molecule has 0 radical (unpaired) electrons. The molecule has 0 unspecified atom stereocenters. The number of nitrogens with one attached hydrogen (secondary N) is 1. The molecule has 1 aromatic carbocycles. The molecule has 0 atom stereocenters. The number of nitrogens with two attached hydrogens (primary N) is 1. The quantitative estimate of drug-likeness (QED) is 0.777. The predicted molar refractivity (Wildman–Crippen MR) is 54.3 cm³/mol. The maximum Gasteiger partial charge on any atom is 0.296 e. The van der Waals surface area contributed by atoms with Gasteiger partial charge < -0.3 is 4.74 Å². The van der Waals surface area contributed by atoms with Gasteiger partial charge in [0.1, 0.15) is 5.75 Å². The Kier molecular flexibility index (Phi) is 3.32. The van der Waals surface area contributed by atoms with E-state index < -0.39 is 10.2 Å². The molecule has 0 aromatic heterocycles. The summed E-state index contributed by atoms with van der Waals surface area (Å²) >= 11 is 0. The smallest absolute Gasteiger partial charge is 0.296 e. The Morgan fingerprint density at radius 1 is 1.36 bits per heavy atom. The second kappa shape index (κ2) is 4.30. The maximum absolute atomic E-state index is 10.6. The van der Waals surface area contributed by atoms with Crippen LogP contribution in [0.4, 0.5) is 5.69 Å². The Hall–Kier alpha value is -1.27. The molecule has 6 heteroatoms. The first kappa shape index (κ1) is 10.8. The number of ether oxygens (including phenoxy) is 1. The SMILES string of the molecule is CCOc1ccc(NS(N)(=O)=O)cc1. The number of anilines is 1. The van der Waals surface area contributed by atoms with E-state index in [2.05, 4.69) is 4.72 Å². The summed E-state index contributed by atoms with van der Waals surface area (Å²) in [4.78, 5) is 0. The van der Waals surface area contributed by atoms with Crippen molar-refractivity contribution in [2.75, 3.05) is 11.3 Å². The summed E-state index contributed by atoms with van der Waals surface area (Å²) in [5, 5.41) is 4.79. The highest BCUT2D eigenvalue weighted by molar-refractivity contribution is 7.90. The van der Waals surface area contributed by atoms with Gasteiger partial charge in [-0.15, -0.1) is 0 Å². The van der Waals surface area contributed by atoms with E-state index in [0.717, 1.165) is 0 Å². The zero-order chi connectivity index (χ0) is 10.6. The monoisotopic (exact) mass is 216 g/mol. The highest BCUT2D eigenvalue weighted by Gasteiger charge is 2.01. The largest absolute Gasteiger partial charge is 0.494 e. The van der Waals surface area contributed by atoms with Gasteiger partial charge in [0.25, 0.3) is 10.2 Å². The summed E-state index contributed by atoms with van der Waals surface area (Å²) in [5.41, 5.74) is 0.413. The molecule has 0 saturated carbocycles. The van der Waals surface area contributed by atoms with Crippen LogP contribution in [-0.2, 0) is 10.2 Å². The number of benzene rings is 1. The maximum atomic E-state index is 10.6. The summed E-state index contributed by atoms with van der Waals surface area (Å²) in [6, 6.07) is 6.48. The summed E-state index contributed by atoms with van der Waals surface area (Å²) in [6.07, 6.45) is 0. The van der Waals surface area contributed by atoms with Gasteiger partial charge in [0.15, 0.2) is 0 Å². The van der Waals surface area contributed by atoms with Crippen LogP contribution in [0.1, 0.15) is 6.92 Å². The van der Waals surface area contributed by atoms with E-state index in [-0.39, 0.29) is 0 Å². The molecular weight excluding hydrogens is 204 g/mol. The lowest BCUT2D eigenvalue weighted by atomic mass is 10.3. The molecule has 0 aliphatic carbocycles. The van der Waals surface area contributed by atoms with Crippen LogP contribution in [0.5, 0.6) is 5.75 Å². The van der Waals surface area contributed by atoms with E-state index in [1.165, 1.54) is 0 Å². The second-order valence-electron chi connectivity index (χ2n) is 2.60. The average molecular weight is 216 g/mol. The van der Waals surface area contributed by atoms with Gasteiger partial charge in [-0.1, -0.05) is 0 Å². The molecular formula is C8H12N2O3S. The van der Waals surface area contributed by atoms with Gasteiger partial charge in [-0.25, -0.2) is 5.14 Å². The Labute approximate surface area is 83.1 Å². The first-order valence-electron chi connectivity index (χ1n) is 4.04. The molecule has 1 rings (SSSR count). The van der Waals surface area contributed by atoms with Crippen molar-refractivity contribution in [3.63, 3.8) is 0 Å². The molecule has 5 nitrogen and oxygen atoms in total. The van der Waals surface area contributed by atoms with Crippen molar-refractivity contribution in [1.82, 2.24) is 0 Å². The van der Waals surface area contributed by atoms with E-state index in [1.807, 2.05) is 6.92 Å². The number of hydrogen-bond acceptors (Lipinski definition) is 3. The highest BCUT2D eigenvalue weighted by Crippen LogP contribution is 2.15. The highest BCUT2D eigenvalue weighted by atomic mass is 32.2. The van der Waals surface area contributed by atoms with E-state index in [1.54, 1.807) is 24.3 Å². The Morgan fingerprint density at radius 2 is 1.93 bits per heavy atom. The lowest BCUT2D eigenvalue weighted by Gasteiger charge is -2.05. The van der Waals surface area contributed by atoms with Crippen molar-refractivity contribution < 1.29 is 13.2 Å². The van der Waals surface area contributed by atoms with Crippen LogP contribution in [0.2, 0.25) is 0 Å². The van der Waals surface area contributed by atoms with Crippen molar-refractivity contribution in [3.8, 4) is 5.75 Å². The minimum absolute atomic E-state index is 0.413. The number of hydrogen-bond donors (Lipinski definition) is 2. The fourth-order valence-electron chi connectivity index (χ4n) is 0.950. The van der Waals surface area contributed by atoms with Gasteiger partial charge in [0.2, 0.25) is 0 Å². The van der Waals surface area contributed by atoms with Crippen molar-refractivity contribution in [2.45, 2.75) is 6.92 Å². The summed E-state index contributed by atoms with van der Waals surface area (Å²) < 4.78 is 28.6. The van der Waals surface area contributed by atoms with Gasteiger partial charge in [-0.05, 0) is 31.2 Å². The van der Waals surface area contributed by atoms with Crippen LogP contribution in [0.15, 0.2) is 24.3 Å². The molecule has 0 bridgehead atoms. The second-order valence-corrected chi connectivity index (χ2v) is 3.90. The van der Waals surface area contributed by atoms with Gasteiger partial charge >= 0.3 is 0 Å². The van der Waals surface area contributed by atoms with Crippen molar-refractivity contribution in [1.29, 1.82) is 0 Å². The number of rotatable bonds is 4. The fraction of sp³-hybridized carbons (Fsp3) is 0.250. The van der Waals surface area contributed by atoms with Gasteiger partial charge in [0.05, 0.1) is 6.61 Å². The minimum Gasteiger partial charge on any atom is -0.494 e. The molecule has 0 spiro atoms. The van der Waals surface area contributed by atoms with Gasteiger partial charge in [0, 0.05) is 5.69 Å². The fourth-order valence-corrected chi connectivity index (χ4v) is 1.41. The van der Waals surface area contributed by atoms with Crippen LogP contribution in [0, 0.1) is 0 Å². The zero-order valence-electron chi connectivity index (χ0n) is 7.73. The molecule has 14 heavy (non-hydrogen) atoms. The van der Waals surface area contributed by atoms with Crippen LogP contribution in [-0.4, -0.2) is 15.0 Å². The Bertz CT molecular complexity index is 386. The van der Waals surface area contributed by atoms with E-state index >= 15 is 0 Å². The van der Waals surface area contributed by atoms with E-state index in [9.17, 15) is 8.42 Å². The third-order valence-corrected chi connectivity index (χ3v) is 1.95. The third kappa shape index (κ3) is 3.63. The molecule has 0 heterocycles. The molecule has 78 valence electrons. The van der Waals surface area contributed by atoms with Crippen molar-refractivity contribution >= 4 is 15.9 Å². The van der Waals surface area contributed by atoms with E-state index in [4.69, 9.17) is 9.88 Å². The van der Waals surface area contributed by atoms with E-state index in [0.29, 0.717) is 18.0 Å². The molecule has 1 aromatic rings. The Balaban J connectivity index is 2.74. The van der Waals surface area contributed by atoms with Crippen LogP contribution < -0.4 is 14.6 Å². The Morgan fingerprint density at radius 3 is 2.36 bits per heavy atom. The average Bonchev–Trinajstić information content (AvgIpc) is 2.06. The lowest BCUT2D eigenvalue weighted by Crippen LogP contribution is -2.21. The molecule has 0 aliphatic heterocycles. The van der Waals surface area contributed by atoms with Crippen LogP contribution in [0.25, 0.3) is 0 Å². The van der Waals surface area contributed by atoms with Crippen molar-refractivity contribution in [3.05, 3.63) is 24.3 Å². The topological polar surface area (TPSA) is 81.4 Å². The third-order valence-electron chi connectivity index (χ3n) is 1.43. The molecule has 0 aliphatic rings. The minimum atomic E-state index is -3.69. The standard InChI is InChI=1S/C8H12N2O3S/c1-2-13-8-5-3-7(4-6-8)10-14(9,11)12/h3-6,10H,2H2,1H3,(H2,9,11,12). The lowest BCUT2D eigenvalue weighted by molar-refractivity contribution is 0.340. The van der Waals surface area contributed by atoms with Crippen LogP contribution >= 0.6 is 0 Å². The van der Waals surface area contributed by atoms with Crippen LogP contribution in [0.3, 0.4) is 0 Å². The summed E-state index contributed by atoms with van der Waals surface area (Å²) in [7, 11) is -3.69. The van der Waals surface area contributed by atoms with Crippen molar-refractivity contribution in [2.24, 2.45) is 5.14 Å². The first-order valence-corrected chi connectivity index (χ1v) is 5.59. The summed E-state index contributed by atoms with van der Waals surface area (Å²) in [6.45, 7) is 2.44. The zero-order valence-corrected chi connectivity index (χ0v) is 8.54. The van der Waals surface area contributed by atoms with Gasteiger partial charge in [-0.2, -0.15) is 8.42 Å². The normalized spacial score (nSPS) is 11.0.